The van der Waals surface area contributed by atoms with Gasteiger partial charge in [-0.05, 0) is 74.4 Å². The first kappa shape index (κ1) is 21.8. The molecular formula is C30H31N5O. The van der Waals surface area contributed by atoms with Gasteiger partial charge < -0.3 is 9.80 Å². The number of hydrogen-bond donors (Lipinski definition) is 0. The van der Waals surface area contributed by atoms with Crippen LogP contribution in [0.2, 0.25) is 0 Å². The molecule has 3 aliphatic carbocycles. The molecule has 1 amide bonds. The quantitative estimate of drug-likeness (QED) is 0.506. The van der Waals surface area contributed by atoms with Gasteiger partial charge in [0.15, 0.2) is 0 Å². The van der Waals surface area contributed by atoms with Gasteiger partial charge >= 0.3 is 0 Å². The lowest BCUT2D eigenvalue weighted by atomic mass is 9.94. The van der Waals surface area contributed by atoms with Gasteiger partial charge in [0.25, 0.3) is 0 Å². The standard InChI is InChI=1S/C30H31N5O/c1-18-13-25-22(16-32-18)3-2-4-24(25)26-14-23(15-31)29(33-28(26)20-7-8-20)34-11-12-35(30(36)21-9-10-21)27(17-34)19-5-6-19/h2-4,13-14,16,19-21,27H,5-12,17H2,1H3/t27-/m0/s1. The highest BCUT2D eigenvalue weighted by molar-refractivity contribution is 5.97. The van der Waals surface area contributed by atoms with Crippen LogP contribution >= 0.6 is 0 Å². The lowest BCUT2D eigenvalue weighted by molar-refractivity contribution is -0.135. The molecule has 6 heteroatoms. The molecule has 1 aliphatic heterocycles. The van der Waals surface area contributed by atoms with Gasteiger partial charge in [-0.1, -0.05) is 18.2 Å². The zero-order valence-electron chi connectivity index (χ0n) is 20.8. The Morgan fingerprint density at radius 3 is 2.61 bits per heavy atom. The Bertz CT molecular complexity index is 1410. The molecule has 1 aromatic carbocycles. The molecule has 0 unspecified atom stereocenters. The van der Waals surface area contributed by atoms with Gasteiger partial charge in [0.05, 0.1) is 17.3 Å². The summed E-state index contributed by atoms with van der Waals surface area (Å²) < 4.78 is 0. The van der Waals surface area contributed by atoms with Crippen molar-refractivity contribution in [2.75, 3.05) is 24.5 Å². The Kier molecular flexibility index (Phi) is 5.02. The van der Waals surface area contributed by atoms with Gasteiger partial charge in [-0.3, -0.25) is 9.78 Å². The monoisotopic (exact) mass is 477 g/mol. The number of anilines is 1. The normalized spacial score (nSPS) is 22.1. The molecule has 36 heavy (non-hydrogen) atoms. The molecule has 182 valence electrons. The van der Waals surface area contributed by atoms with Crippen LogP contribution in [0.4, 0.5) is 5.82 Å². The van der Waals surface area contributed by atoms with E-state index in [4.69, 9.17) is 4.98 Å². The summed E-state index contributed by atoms with van der Waals surface area (Å²) in [6.07, 6.45) is 8.72. The van der Waals surface area contributed by atoms with Crippen molar-refractivity contribution in [3.8, 4) is 17.2 Å². The van der Waals surface area contributed by atoms with Gasteiger partial charge in [0, 0.05) is 54.3 Å². The predicted molar refractivity (Wildman–Crippen MR) is 140 cm³/mol. The van der Waals surface area contributed by atoms with Crippen molar-refractivity contribution in [2.45, 2.75) is 57.4 Å². The second-order valence-electron chi connectivity index (χ2n) is 11.2. The van der Waals surface area contributed by atoms with Crippen LogP contribution in [0.3, 0.4) is 0 Å². The minimum absolute atomic E-state index is 0.248. The first-order valence-corrected chi connectivity index (χ1v) is 13.5. The van der Waals surface area contributed by atoms with E-state index in [1.54, 1.807) is 0 Å². The number of hydrogen-bond acceptors (Lipinski definition) is 5. The molecule has 0 spiro atoms. The molecule has 6 nitrogen and oxygen atoms in total. The fourth-order valence-corrected chi connectivity index (χ4v) is 5.96. The lowest BCUT2D eigenvalue weighted by Crippen LogP contribution is -2.57. The van der Waals surface area contributed by atoms with E-state index in [1.807, 2.05) is 13.1 Å². The maximum Gasteiger partial charge on any atom is 0.226 e. The van der Waals surface area contributed by atoms with Crippen LogP contribution < -0.4 is 4.90 Å². The summed E-state index contributed by atoms with van der Waals surface area (Å²) in [6.45, 7) is 4.28. The van der Waals surface area contributed by atoms with Gasteiger partial charge in [-0.2, -0.15) is 5.26 Å². The van der Waals surface area contributed by atoms with E-state index in [1.165, 1.54) is 12.8 Å². The Hall–Kier alpha value is -3.46. The van der Waals surface area contributed by atoms with Crippen LogP contribution in [0.5, 0.6) is 0 Å². The van der Waals surface area contributed by atoms with E-state index in [9.17, 15) is 10.1 Å². The van der Waals surface area contributed by atoms with Crippen molar-refractivity contribution < 1.29 is 4.79 Å². The molecule has 0 N–H and O–H groups in total. The fraction of sp³-hybridized carbons (Fsp3) is 0.467. The second-order valence-corrected chi connectivity index (χ2v) is 11.2. The molecule has 3 heterocycles. The van der Waals surface area contributed by atoms with E-state index in [-0.39, 0.29) is 12.0 Å². The van der Waals surface area contributed by atoms with Gasteiger partial charge in [0.1, 0.15) is 11.9 Å². The van der Waals surface area contributed by atoms with Crippen LogP contribution in [-0.2, 0) is 4.79 Å². The van der Waals surface area contributed by atoms with E-state index >= 15 is 0 Å². The third kappa shape index (κ3) is 3.82. The molecule has 4 fully saturated rings. The molecule has 3 aromatic rings. The number of pyridine rings is 2. The molecule has 1 saturated heterocycles. The van der Waals surface area contributed by atoms with Crippen LogP contribution in [0, 0.1) is 30.1 Å². The zero-order valence-corrected chi connectivity index (χ0v) is 20.8. The van der Waals surface area contributed by atoms with Crippen molar-refractivity contribution in [3.63, 3.8) is 0 Å². The number of amides is 1. The number of rotatable bonds is 5. The Morgan fingerprint density at radius 2 is 1.89 bits per heavy atom. The largest absolute Gasteiger partial charge is 0.352 e. The van der Waals surface area contributed by atoms with E-state index < -0.39 is 0 Å². The van der Waals surface area contributed by atoms with Gasteiger partial charge in [0.2, 0.25) is 5.91 Å². The lowest BCUT2D eigenvalue weighted by Gasteiger charge is -2.43. The summed E-state index contributed by atoms with van der Waals surface area (Å²) in [6, 6.07) is 13.2. The van der Waals surface area contributed by atoms with Crippen molar-refractivity contribution in [1.82, 2.24) is 14.9 Å². The van der Waals surface area contributed by atoms with E-state index in [0.29, 0.717) is 23.3 Å². The predicted octanol–water partition coefficient (Wildman–Crippen LogP) is 5.19. The molecule has 4 aliphatic rings. The SMILES string of the molecule is Cc1cc2c(-c3cc(C#N)c(N4CCN(C(=O)C5CC5)[C@H](C5CC5)C4)nc3C3CC3)cccc2cn1. The van der Waals surface area contributed by atoms with E-state index in [2.05, 4.69) is 51.2 Å². The Balaban J connectivity index is 1.29. The molecular weight excluding hydrogens is 446 g/mol. The summed E-state index contributed by atoms with van der Waals surface area (Å²) in [5.41, 5.74) is 4.94. The number of nitrogens with zero attached hydrogens (tertiary/aromatic N) is 5. The number of piperazine rings is 1. The van der Waals surface area contributed by atoms with Crippen LogP contribution in [0.25, 0.3) is 21.9 Å². The molecule has 2 aromatic heterocycles. The molecule has 0 radical (unpaired) electrons. The Morgan fingerprint density at radius 1 is 1.06 bits per heavy atom. The highest BCUT2D eigenvalue weighted by Gasteiger charge is 2.45. The van der Waals surface area contributed by atoms with Gasteiger partial charge in [-0.25, -0.2) is 4.98 Å². The average Bonchev–Trinajstić information content (AvgIpc) is 3.76. The third-order valence-electron chi connectivity index (χ3n) is 8.40. The maximum absolute atomic E-state index is 13.0. The van der Waals surface area contributed by atoms with Crippen molar-refractivity contribution in [1.29, 1.82) is 5.26 Å². The molecule has 3 saturated carbocycles. The third-order valence-corrected chi connectivity index (χ3v) is 8.40. The topological polar surface area (TPSA) is 73.1 Å². The van der Waals surface area contributed by atoms with Crippen molar-refractivity contribution in [3.05, 3.63) is 53.5 Å². The van der Waals surface area contributed by atoms with Crippen molar-refractivity contribution >= 4 is 22.5 Å². The summed E-state index contributed by atoms with van der Waals surface area (Å²) in [5.74, 6) is 2.46. The fourth-order valence-electron chi connectivity index (χ4n) is 5.96. The van der Waals surface area contributed by atoms with Crippen LogP contribution in [-0.4, -0.2) is 46.5 Å². The second kappa shape index (κ2) is 8.30. The van der Waals surface area contributed by atoms with Crippen LogP contribution in [0.1, 0.15) is 61.4 Å². The summed E-state index contributed by atoms with van der Waals surface area (Å²) >= 11 is 0. The first-order chi connectivity index (χ1) is 17.6. The smallest absolute Gasteiger partial charge is 0.226 e. The average molecular weight is 478 g/mol. The van der Waals surface area contributed by atoms with E-state index in [0.717, 1.165) is 84.4 Å². The minimum atomic E-state index is 0.248. The van der Waals surface area contributed by atoms with Crippen LogP contribution in [0.15, 0.2) is 36.5 Å². The molecule has 1 atom stereocenters. The van der Waals surface area contributed by atoms with Gasteiger partial charge in [-0.15, -0.1) is 0 Å². The highest BCUT2D eigenvalue weighted by atomic mass is 16.2. The molecule has 7 rings (SSSR count). The number of nitriles is 1. The zero-order chi connectivity index (χ0) is 24.4. The summed E-state index contributed by atoms with van der Waals surface area (Å²) in [7, 11) is 0. The number of aryl methyl sites for hydroxylation is 1. The number of carbonyl (C=O) groups is 1. The highest BCUT2D eigenvalue weighted by Crippen LogP contribution is 2.47. The Labute approximate surface area is 211 Å². The number of fused-ring (bicyclic) bond motifs is 1. The number of aromatic nitrogens is 2. The number of benzene rings is 1. The summed E-state index contributed by atoms with van der Waals surface area (Å²) in [5, 5.41) is 12.5. The molecule has 0 bridgehead atoms. The minimum Gasteiger partial charge on any atom is -0.352 e. The maximum atomic E-state index is 13.0. The summed E-state index contributed by atoms with van der Waals surface area (Å²) in [4.78, 5) is 27.2. The first-order valence-electron chi connectivity index (χ1n) is 13.5. The van der Waals surface area contributed by atoms with Crippen molar-refractivity contribution in [2.24, 2.45) is 11.8 Å². The number of carbonyl (C=O) groups excluding carboxylic acids is 1.